The fourth-order valence-electron chi connectivity index (χ4n) is 5.15. The van der Waals surface area contributed by atoms with E-state index in [1.54, 1.807) is 12.3 Å². The number of anilines is 3. The second kappa shape index (κ2) is 12.8. The number of nitriles is 1. The van der Waals surface area contributed by atoms with Gasteiger partial charge in [-0.2, -0.15) is 5.26 Å². The second-order valence-electron chi connectivity index (χ2n) is 10.3. The molecule has 11 heteroatoms. The SMILES string of the molecule is N#CC1(CNc2cccc(-c3cc(NC4CCC(CNc5cc(Cl)ncn5)CC4)ncc3Cl)n2)CCOCC1. The van der Waals surface area contributed by atoms with Crippen molar-refractivity contribution in [1.82, 2.24) is 19.9 Å². The average Bonchev–Trinajstić information content (AvgIpc) is 2.97. The second-order valence-corrected chi connectivity index (χ2v) is 11.1. The van der Waals surface area contributed by atoms with Crippen LogP contribution in [0.3, 0.4) is 0 Å². The van der Waals surface area contributed by atoms with E-state index in [1.165, 1.54) is 6.33 Å². The summed E-state index contributed by atoms with van der Waals surface area (Å²) in [5.41, 5.74) is 1.15. The third-order valence-electron chi connectivity index (χ3n) is 7.58. The van der Waals surface area contributed by atoms with Gasteiger partial charge in [0.1, 0.15) is 28.9 Å². The number of rotatable bonds is 9. The molecule has 0 amide bonds. The molecule has 204 valence electrons. The van der Waals surface area contributed by atoms with Crippen LogP contribution in [0.2, 0.25) is 10.2 Å². The van der Waals surface area contributed by atoms with Crippen LogP contribution in [0.1, 0.15) is 38.5 Å². The van der Waals surface area contributed by atoms with E-state index in [9.17, 15) is 5.26 Å². The van der Waals surface area contributed by atoms with Crippen molar-refractivity contribution in [3.05, 3.63) is 53.0 Å². The number of hydrogen-bond donors (Lipinski definition) is 3. The van der Waals surface area contributed by atoms with Gasteiger partial charge in [0.05, 0.1) is 22.2 Å². The lowest BCUT2D eigenvalue weighted by Gasteiger charge is -2.30. The topological polar surface area (TPSA) is 121 Å². The Morgan fingerprint density at radius 3 is 2.56 bits per heavy atom. The van der Waals surface area contributed by atoms with Gasteiger partial charge >= 0.3 is 0 Å². The minimum absolute atomic E-state index is 0.346. The van der Waals surface area contributed by atoms with Gasteiger partial charge in [-0.05, 0) is 62.6 Å². The molecule has 39 heavy (non-hydrogen) atoms. The maximum Gasteiger partial charge on any atom is 0.134 e. The molecular weight excluding hydrogens is 535 g/mol. The highest BCUT2D eigenvalue weighted by Gasteiger charge is 2.32. The summed E-state index contributed by atoms with van der Waals surface area (Å²) >= 11 is 12.5. The number of nitrogens with one attached hydrogen (secondary N) is 3. The first kappa shape index (κ1) is 27.4. The van der Waals surface area contributed by atoms with E-state index in [-0.39, 0.29) is 0 Å². The molecule has 1 aliphatic carbocycles. The van der Waals surface area contributed by atoms with E-state index >= 15 is 0 Å². The number of nitrogens with zero attached hydrogens (tertiary/aromatic N) is 5. The van der Waals surface area contributed by atoms with Gasteiger partial charge in [0.2, 0.25) is 0 Å². The van der Waals surface area contributed by atoms with Crippen molar-refractivity contribution >= 4 is 40.7 Å². The van der Waals surface area contributed by atoms with Gasteiger partial charge in [0.15, 0.2) is 0 Å². The highest BCUT2D eigenvalue weighted by molar-refractivity contribution is 6.33. The van der Waals surface area contributed by atoms with Crippen LogP contribution in [0, 0.1) is 22.7 Å². The van der Waals surface area contributed by atoms with Crippen LogP contribution in [0.5, 0.6) is 0 Å². The monoisotopic (exact) mass is 566 g/mol. The molecule has 0 spiro atoms. The molecule has 3 N–H and O–H groups in total. The molecule has 1 saturated heterocycles. The first-order chi connectivity index (χ1) is 19.0. The zero-order valence-corrected chi connectivity index (χ0v) is 23.2. The predicted octanol–water partition coefficient (Wildman–Crippen LogP) is 6.06. The quantitative estimate of drug-likeness (QED) is 0.265. The van der Waals surface area contributed by atoms with Crippen molar-refractivity contribution in [2.45, 2.75) is 44.6 Å². The Morgan fingerprint density at radius 1 is 0.974 bits per heavy atom. The van der Waals surface area contributed by atoms with Crippen LogP contribution in [-0.4, -0.2) is 52.3 Å². The van der Waals surface area contributed by atoms with Crippen molar-refractivity contribution in [1.29, 1.82) is 5.26 Å². The first-order valence-electron chi connectivity index (χ1n) is 13.4. The summed E-state index contributed by atoms with van der Waals surface area (Å²) in [4.78, 5) is 17.5. The summed E-state index contributed by atoms with van der Waals surface area (Å²) in [5, 5.41) is 21.1. The third kappa shape index (κ3) is 7.27. The van der Waals surface area contributed by atoms with Gasteiger partial charge in [-0.15, -0.1) is 0 Å². The lowest BCUT2D eigenvalue weighted by Crippen LogP contribution is -2.34. The summed E-state index contributed by atoms with van der Waals surface area (Å²) in [7, 11) is 0. The molecule has 9 nitrogen and oxygen atoms in total. The summed E-state index contributed by atoms with van der Waals surface area (Å²) in [5.74, 6) is 2.84. The smallest absolute Gasteiger partial charge is 0.134 e. The Hall–Kier alpha value is -3.19. The molecule has 3 aromatic heterocycles. The van der Waals surface area contributed by atoms with Crippen molar-refractivity contribution < 1.29 is 4.74 Å². The molecule has 0 atom stereocenters. The molecular formula is C28H32Cl2N8O. The number of aromatic nitrogens is 4. The van der Waals surface area contributed by atoms with E-state index < -0.39 is 5.41 Å². The highest BCUT2D eigenvalue weighted by Crippen LogP contribution is 2.33. The average molecular weight is 568 g/mol. The highest BCUT2D eigenvalue weighted by atomic mass is 35.5. The molecule has 3 aromatic rings. The van der Waals surface area contributed by atoms with Crippen molar-refractivity contribution in [3.8, 4) is 17.3 Å². The molecule has 0 unspecified atom stereocenters. The minimum atomic E-state index is -0.431. The molecule has 4 heterocycles. The van der Waals surface area contributed by atoms with Crippen molar-refractivity contribution in [2.75, 3.05) is 42.3 Å². The maximum absolute atomic E-state index is 9.74. The molecule has 1 saturated carbocycles. The van der Waals surface area contributed by atoms with Gasteiger partial charge < -0.3 is 20.7 Å². The van der Waals surface area contributed by atoms with Crippen molar-refractivity contribution in [3.63, 3.8) is 0 Å². The normalized spacial score (nSPS) is 20.5. The Kier molecular flexibility index (Phi) is 8.97. The predicted molar refractivity (Wildman–Crippen MR) is 154 cm³/mol. The Labute approximate surface area is 238 Å². The maximum atomic E-state index is 9.74. The summed E-state index contributed by atoms with van der Waals surface area (Å²) in [6, 6.07) is 12.3. The Balaban J connectivity index is 1.17. The fourth-order valence-corrected chi connectivity index (χ4v) is 5.49. The van der Waals surface area contributed by atoms with Gasteiger partial charge in [-0.3, -0.25) is 0 Å². The molecule has 2 fully saturated rings. The summed E-state index contributed by atoms with van der Waals surface area (Å²) in [6.45, 7) is 2.62. The number of ether oxygens (including phenoxy) is 1. The summed E-state index contributed by atoms with van der Waals surface area (Å²) < 4.78 is 5.44. The lowest BCUT2D eigenvalue weighted by molar-refractivity contribution is 0.0455. The van der Waals surface area contributed by atoms with Crippen molar-refractivity contribution in [2.24, 2.45) is 11.3 Å². The van der Waals surface area contributed by atoms with Gasteiger partial charge in [0, 0.05) is 50.2 Å². The Bertz CT molecular complexity index is 1300. The van der Waals surface area contributed by atoms with E-state index in [1.807, 2.05) is 24.3 Å². The van der Waals surface area contributed by atoms with E-state index in [2.05, 4.69) is 37.0 Å². The standard InChI is InChI=1S/C28H32Cl2N8O/c29-22-15-33-27(37-20-6-4-19(5-7-20)14-32-26-13-24(30)35-18-36-26)12-21(22)23-2-1-3-25(38-23)34-17-28(16-31)8-10-39-11-9-28/h1-3,12-13,15,18-20H,4-11,14,17H2,(H,33,37)(H,34,38)(H,32,35,36). The van der Waals surface area contributed by atoms with Crippen LogP contribution in [0.15, 0.2) is 42.9 Å². The van der Waals surface area contributed by atoms with Crippen LogP contribution < -0.4 is 16.0 Å². The molecule has 2 aliphatic rings. The molecule has 1 aliphatic heterocycles. The van der Waals surface area contributed by atoms with Crippen LogP contribution in [0.25, 0.3) is 11.3 Å². The zero-order chi connectivity index (χ0) is 27.1. The van der Waals surface area contributed by atoms with Gasteiger partial charge in [0.25, 0.3) is 0 Å². The Morgan fingerprint density at radius 2 is 1.79 bits per heavy atom. The molecule has 5 rings (SSSR count). The van der Waals surface area contributed by atoms with E-state index in [4.69, 9.17) is 32.9 Å². The van der Waals surface area contributed by atoms with Gasteiger partial charge in [-0.25, -0.2) is 19.9 Å². The fraction of sp³-hybridized carbons (Fsp3) is 0.464. The van der Waals surface area contributed by atoms with Crippen LogP contribution in [0.4, 0.5) is 17.5 Å². The van der Waals surface area contributed by atoms with E-state index in [0.29, 0.717) is 47.7 Å². The van der Waals surface area contributed by atoms with Crippen LogP contribution in [-0.2, 0) is 4.74 Å². The largest absolute Gasteiger partial charge is 0.381 e. The van der Waals surface area contributed by atoms with Gasteiger partial charge in [-0.1, -0.05) is 29.3 Å². The number of halogens is 2. The third-order valence-corrected chi connectivity index (χ3v) is 8.09. The number of hydrogen-bond acceptors (Lipinski definition) is 9. The van der Waals surface area contributed by atoms with E-state index in [0.717, 1.165) is 68.0 Å². The molecule has 0 aromatic carbocycles. The number of pyridine rings is 2. The molecule has 0 radical (unpaired) electrons. The zero-order valence-electron chi connectivity index (χ0n) is 21.7. The first-order valence-corrected chi connectivity index (χ1v) is 14.1. The molecule has 0 bridgehead atoms. The summed E-state index contributed by atoms with van der Waals surface area (Å²) in [6.07, 6.45) is 8.91. The lowest BCUT2D eigenvalue weighted by atomic mass is 9.82. The van der Waals surface area contributed by atoms with Crippen LogP contribution >= 0.6 is 23.2 Å². The minimum Gasteiger partial charge on any atom is -0.381 e.